The van der Waals surface area contributed by atoms with Gasteiger partial charge in [-0.3, -0.25) is 9.59 Å². The molecule has 0 saturated heterocycles. The van der Waals surface area contributed by atoms with E-state index in [0.717, 1.165) is 0 Å². The highest BCUT2D eigenvalue weighted by molar-refractivity contribution is 5.27. The van der Waals surface area contributed by atoms with E-state index in [1.165, 1.54) is 0 Å². The van der Waals surface area contributed by atoms with Gasteiger partial charge in [0.25, 0.3) is 0 Å². The van der Waals surface area contributed by atoms with E-state index in [9.17, 15) is 9.59 Å². The van der Waals surface area contributed by atoms with Crippen LogP contribution in [-0.2, 0) is 0 Å². The summed E-state index contributed by atoms with van der Waals surface area (Å²) < 4.78 is 0. The van der Waals surface area contributed by atoms with Crippen molar-refractivity contribution in [2.24, 2.45) is 0 Å². The minimum Gasteiger partial charge on any atom is -0.285 e. The van der Waals surface area contributed by atoms with Gasteiger partial charge >= 0.3 is 0 Å². The second-order valence-electron chi connectivity index (χ2n) is 1.84. The normalized spacial score (nSPS) is 12.8. The van der Waals surface area contributed by atoms with E-state index in [1.807, 2.05) is 0 Å². The maximum atomic E-state index is 10.5. The minimum atomic E-state index is -0.442. The third-order valence-corrected chi connectivity index (χ3v) is 1.34. The second-order valence-corrected chi connectivity index (χ2v) is 1.84. The molecular formula is C7H6O2. The van der Waals surface area contributed by atoms with Gasteiger partial charge in [-0.15, -0.1) is 0 Å². The summed E-state index contributed by atoms with van der Waals surface area (Å²) >= 11 is 0. The van der Waals surface area contributed by atoms with Gasteiger partial charge in [0, 0.05) is 10.4 Å². The van der Waals surface area contributed by atoms with Crippen LogP contribution in [0, 0.1) is 0 Å². The predicted molar refractivity (Wildman–Crippen MR) is 36.3 cm³/mol. The first-order valence-corrected chi connectivity index (χ1v) is 2.63. The first-order chi connectivity index (χ1) is 4.18. The van der Waals surface area contributed by atoms with Crippen LogP contribution in [-0.4, -0.2) is 0 Å². The van der Waals surface area contributed by atoms with Gasteiger partial charge in [-0.25, -0.2) is 0 Å². The van der Waals surface area contributed by atoms with Crippen LogP contribution in [0.5, 0.6) is 0 Å². The summed E-state index contributed by atoms with van der Waals surface area (Å²) in [4.78, 5) is 21.0. The van der Waals surface area contributed by atoms with Crippen molar-refractivity contribution in [2.45, 2.75) is 6.92 Å². The molecule has 0 unspecified atom stereocenters. The molecule has 0 bridgehead atoms. The van der Waals surface area contributed by atoms with E-state index in [-0.39, 0.29) is 0 Å². The maximum Gasteiger partial charge on any atom is 0.233 e. The van der Waals surface area contributed by atoms with Crippen molar-refractivity contribution in [3.63, 3.8) is 0 Å². The lowest BCUT2D eigenvalue weighted by atomic mass is 10.2. The molecule has 0 spiro atoms. The lowest BCUT2D eigenvalue weighted by Crippen LogP contribution is -2.63. The Bertz CT molecular complexity index is 359. The van der Waals surface area contributed by atoms with Crippen LogP contribution in [0.25, 0.3) is 12.7 Å². The average molecular weight is 122 g/mol. The molecule has 0 fully saturated rings. The largest absolute Gasteiger partial charge is 0.285 e. The molecule has 0 N–H and O–H groups in total. The highest BCUT2D eigenvalue weighted by Gasteiger charge is 2.02. The molecule has 0 heterocycles. The summed E-state index contributed by atoms with van der Waals surface area (Å²) in [5.74, 6) is 0. The third-order valence-electron chi connectivity index (χ3n) is 1.34. The van der Waals surface area contributed by atoms with Gasteiger partial charge in [0.1, 0.15) is 0 Å². The van der Waals surface area contributed by atoms with E-state index in [1.54, 1.807) is 13.0 Å². The Morgan fingerprint density at radius 1 is 1.33 bits per heavy atom. The first-order valence-electron chi connectivity index (χ1n) is 2.63. The van der Waals surface area contributed by atoms with Crippen molar-refractivity contribution in [1.82, 2.24) is 0 Å². The van der Waals surface area contributed by atoms with Crippen LogP contribution in [0.3, 0.4) is 0 Å². The number of hydrogen-bond acceptors (Lipinski definition) is 2. The summed E-state index contributed by atoms with van der Waals surface area (Å²) in [5, 5.41) is 0.822. The van der Waals surface area contributed by atoms with E-state index < -0.39 is 10.9 Å². The molecule has 0 radical (unpaired) electrons. The molecule has 1 aromatic carbocycles. The van der Waals surface area contributed by atoms with Gasteiger partial charge < -0.3 is 0 Å². The van der Waals surface area contributed by atoms with Crippen molar-refractivity contribution in [1.29, 1.82) is 0 Å². The number of rotatable bonds is 0. The van der Waals surface area contributed by atoms with Crippen LogP contribution in [0.2, 0.25) is 0 Å². The van der Waals surface area contributed by atoms with Gasteiger partial charge in [-0.05, 0) is 6.92 Å². The van der Waals surface area contributed by atoms with Gasteiger partial charge in [0.15, 0.2) is 0 Å². The lowest BCUT2D eigenvalue weighted by Gasteiger charge is -1.84. The van der Waals surface area contributed by atoms with E-state index in [2.05, 4.69) is 6.58 Å². The highest BCUT2D eigenvalue weighted by Crippen LogP contribution is 1.47. The summed E-state index contributed by atoms with van der Waals surface area (Å²) in [7, 11) is 0. The molecule has 2 nitrogen and oxygen atoms in total. The fourth-order valence-corrected chi connectivity index (χ4v) is 0.762. The summed E-state index contributed by atoms with van der Waals surface area (Å²) in [5.41, 5.74) is -0.842. The Balaban J connectivity index is 3.85. The minimum absolute atomic E-state index is 0.350. The molecule has 0 aliphatic rings. The zero-order valence-electron chi connectivity index (χ0n) is 5.10. The molecule has 0 aliphatic carbocycles. The fraction of sp³-hybridized carbons (Fsp3) is 0.143. The van der Waals surface area contributed by atoms with Crippen molar-refractivity contribution < 1.29 is 0 Å². The van der Waals surface area contributed by atoms with Crippen LogP contribution >= 0.6 is 0 Å². The lowest BCUT2D eigenvalue weighted by molar-refractivity contribution is 1.27. The van der Waals surface area contributed by atoms with Crippen molar-refractivity contribution in [3.05, 3.63) is 30.9 Å². The Morgan fingerprint density at radius 2 is 1.89 bits per heavy atom. The molecule has 46 valence electrons. The fourth-order valence-electron chi connectivity index (χ4n) is 0.762. The first kappa shape index (κ1) is 5.95. The van der Waals surface area contributed by atoms with Gasteiger partial charge in [0.05, 0.1) is 0 Å². The van der Waals surface area contributed by atoms with Gasteiger partial charge in [-0.1, -0.05) is 12.7 Å². The quantitative estimate of drug-likeness (QED) is 0.392. The van der Waals surface area contributed by atoms with Crippen LogP contribution in [0.1, 0.15) is 6.92 Å². The van der Waals surface area contributed by atoms with Crippen LogP contribution in [0.15, 0.2) is 9.59 Å². The molecule has 0 amide bonds. The Labute approximate surface area is 51.4 Å². The molecule has 0 aliphatic heterocycles. The summed E-state index contributed by atoms with van der Waals surface area (Å²) in [6.45, 7) is 5.12. The van der Waals surface area contributed by atoms with Gasteiger partial charge in [0.2, 0.25) is 10.9 Å². The summed E-state index contributed by atoms with van der Waals surface area (Å²) in [6, 6.07) is 0. The molecular weight excluding hydrogens is 116 g/mol. The van der Waals surface area contributed by atoms with Crippen molar-refractivity contribution in [3.8, 4) is 0 Å². The van der Waals surface area contributed by atoms with Crippen LogP contribution in [0.4, 0.5) is 0 Å². The Kier molecular flexibility index (Phi) is 1.09. The zero-order chi connectivity index (χ0) is 7.02. The van der Waals surface area contributed by atoms with Crippen molar-refractivity contribution >= 4 is 12.7 Å². The molecule has 0 aromatic heterocycles. The topological polar surface area (TPSA) is 34.1 Å². The van der Waals surface area contributed by atoms with E-state index >= 15 is 0 Å². The average Bonchev–Trinajstić information content (AvgIpc) is 1.89. The molecule has 0 atom stereocenters. The monoisotopic (exact) mass is 122 g/mol. The Morgan fingerprint density at radius 3 is 2.11 bits per heavy atom. The standard InChI is InChI=1S/C7H6O2/c1-3-5-4(2)6(8)7(5)9/h3H,2H2,1H3/b5-3-. The van der Waals surface area contributed by atoms with Gasteiger partial charge in [-0.2, -0.15) is 0 Å². The molecule has 1 rings (SSSR count). The molecule has 9 heavy (non-hydrogen) atoms. The van der Waals surface area contributed by atoms with E-state index in [0.29, 0.717) is 10.4 Å². The SMILES string of the molecule is C=c1c(=O)c(=O)/c1=C\C. The van der Waals surface area contributed by atoms with E-state index in [4.69, 9.17) is 0 Å². The van der Waals surface area contributed by atoms with Crippen molar-refractivity contribution in [2.75, 3.05) is 0 Å². The van der Waals surface area contributed by atoms with Crippen LogP contribution < -0.4 is 21.3 Å². The predicted octanol–water partition coefficient (Wildman–Crippen LogP) is -1.51. The molecule has 2 heteroatoms. The zero-order valence-corrected chi connectivity index (χ0v) is 5.10. The molecule has 1 aromatic rings. The Hall–Kier alpha value is -1.18. The highest BCUT2D eigenvalue weighted by atomic mass is 16.2. The maximum absolute atomic E-state index is 10.5. The number of hydrogen-bond donors (Lipinski definition) is 0. The third kappa shape index (κ3) is 0.560. The summed E-state index contributed by atoms with van der Waals surface area (Å²) in [6.07, 6.45) is 1.60. The second kappa shape index (κ2) is 1.65. The molecule has 0 saturated carbocycles. The smallest absolute Gasteiger partial charge is 0.233 e.